The van der Waals surface area contributed by atoms with Gasteiger partial charge in [-0.3, -0.25) is 9.36 Å². The Labute approximate surface area is 282 Å². The number of carbonyl (C=O) groups excluding carboxylic acids is 1. The predicted octanol–water partition coefficient (Wildman–Crippen LogP) is 5.31. The smallest absolute Gasteiger partial charge is 0.193 e. The van der Waals surface area contributed by atoms with Crippen LogP contribution in [0, 0.1) is 0 Å². The lowest BCUT2D eigenvalue weighted by Crippen LogP contribution is -2.38. The van der Waals surface area contributed by atoms with Gasteiger partial charge in [0.1, 0.15) is 41.3 Å². The fourth-order valence-electron chi connectivity index (χ4n) is 6.34. The number of nitrogen functional groups attached to an aromatic ring is 1. The molecular weight excluding hydrogens is 622 g/mol. The first-order valence-corrected chi connectivity index (χ1v) is 15.8. The molecule has 0 amide bonds. The Morgan fingerprint density at radius 2 is 1.41 bits per heavy atom. The van der Waals surface area contributed by atoms with Crippen LogP contribution >= 0.6 is 0 Å². The average molecular weight is 658 g/mol. The number of nitrogens with two attached hydrogens (primary N) is 1. The van der Waals surface area contributed by atoms with E-state index in [0.717, 1.165) is 16.7 Å². The number of nitrogens with zero attached hydrogens (tertiary/aromatic N) is 4. The standard InChI is InChI=1S/C38H35N5O6/c1-46-29-16-12-27(13-17-29)38(28-14-18-30(47-2)19-15-28,26-10-8-25(9-11-26)35(45)24-6-4-3-5-7-24)48-21-32-31(44)20-33(49-32)43-23-42-34-36(39)40-22-41-37(34)43/h3-19,22-23,31-33,44H,20-21H2,1-2H3,(H2,39,40,41)/t31-,32+,33+/m0/s1. The lowest BCUT2D eigenvalue weighted by atomic mass is 9.79. The van der Waals surface area contributed by atoms with Crippen molar-refractivity contribution in [2.24, 2.45) is 0 Å². The number of ether oxygens (including phenoxy) is 4. The molecule has 1 aliphatic rings. The number of ketones is 1. The van der Waals surface area contributed by atoms with Crippen LogP contribution in [-0.4, -0.2) is 63.4 Å². The van der Waals surface area contributed by atoms with E-state index >= 15 is 0 Å². The van der Waals surface area contributed by atoms with E-state index in [9.17, 15) is 9.90 Å². The molecule has 3 atom stereocenters. The molecule has 0 unspecified atom stereocenters. The number of aromatic nitrogens is 4. The first kappa shape index (κ1) is 32.0. The van der Waals surface area contributed by atoms with Crippen molar-refractivity contribution >= 4 is 22.8 Å². The van der Waals surface area contributed by atoms with Crippen LogP contribution < -0.4 is 15.2 Å². The highest BCUT2D eigenvalue weighted by Gasteiger charge is 2.42. The van der Waals surface area contributed by atoms with Gasteiger partial charge in [-0.2, -0.15) is 0 Å². The molecule has 0 aliphatic carbocycles. The van der Waals surface area contributed by atoms with Gasteiger partial charge in [0.05, 0.1) is 33.3 Å². The predicted molar refractivity (Wildman–Crippen MR) is 182 cm³/mol. The Bertz CT molecular complexity index is 2000. The van der Waals surface area contributed by atoms with Crippen molar-refractivity contribution in [2.75, 3.05) is 26.6 Å². The molecule has 3 N–H and O–H groups in total. The number of imidazole rings is 1. The number of aliphatic hydroxyl groups is 1. The molecule has 2 aromatic heterocycles. The first-order valence-electron chi connectivity index (χ1n) is 15.8. The quantitative estimate of drug-likeness (QED) is 0.139. The van der Waals surface area contributed by atoms with Gasteiger partial charge in [-0.05, 0) is 41.0 Å². The van der Waals surface area contributed by atoms with Crippen LogP contribution in [-0.2, 0) is 15.1 Å². The second-order valence-corrected chi connectivity index (χ2v) is 11.7. The summed E-state index contributed by atoms with van der Waals surface area (Å²) in [6.07, 6.45) is 1.15. The zero-order valence-electron chi connectivity index (χ0n) is 27.0. The number of rotatable bonds is 11. The number of carbonyl (C=O) groups is 1. The second-order valence-electron chi connectivity index (χ2n) is 11.7. The molecule has 6 aromatic rings. The highest BCUT2D eigenvalue weighted by molar-refractivity contribution is 6.09. The molecule has 49 heavy (non-hydrogen) atoms. The molecule has 11 nitrogen and oxygen atoms in total. The lowest BCUT2D eigenvalue weighted by Gasteiger charge is -2.37. The zero-order valence-corrected chi connectivity index (χ0v) is 27.0. The van der Waals surface area contributed by atoms with Crippen molar-refractivity contribution in [1.82, 2.24) is 19.5 Å². The molecule has 4 aromatic carbocycles. The number of benzene rings is 4. The molecule has 7 rings (SSSR count). The summed E-state index contributed by atoms with van der Waals surface area (Å²) in [5.41, 5.74) is 9.31. The summed E-state index contributed by atoms with van der Waals surface area (Å²) < 4.78 is 26.1. The van der Waals surface area contributed by atoms with Crippen LogP contribution in [0.5, 0.6) is 11.5 Å². The first-order chi connectivity index (χ1) is 23.9. The van der Waals surface area contributed by atoms with Crippen LogP contribution in [0.3, 0.4) is 0 Å². The van der Waals surface area contributed by atoms with E-state index in [-0.39, 0.29) is 24.6 Å². The summed E-state index contributed by atoms with van der Waals surface area (Å²) in [6.45, 7) is 0.0180. The van der Waals surface area contributed by atoms with Crippen molar-refractivity contribution in [3.63, 3.8) is 0 Å². The Morgan fingerprint density at radius 1 is 0.837 bits per heavy atom. The van der Waals surface area contributed by atoms with Crippen molar-refractivity contribution in [3.05, 3.63) is 144 Å². The lowest BCUT2D eigenvalue weighted by molar-refractivity contribution is -0.0931. The van der Waals surface area contributed by atoms with Crippen molar-refractivity contribution in [1.29, 1.82) is 0 Å². The van der Waals surface area contributed by atoms with Gasteiger partial charge in [0.15, 0.2) is 17.2 Å². The maximum Gasteiger partial charge on any atom is 0.193 e. The van der Waals surface area contributed by atoms with Crippen LogP contribution in [0.15, 0.2) is 116 Å². The van der Waals surface area contributed by atoms with E-state index in [0.29, 0.717) is 33.8 Å². The fourth-order valence-corrected chi connectivity index (χ4v) is 6.34. The zero-order chi connectivity index (χ0) is 34.0. The normalized spacial score (nSPS) is 17.7. The highest BCUT2D eigenvalue weighted by atomic mass is 16.6. The summed E-state index contributed by atoms with van der Waals surface area (Å²) in [5, 5.41) is 11.3. The van der Waals surface area contributed by atoms with E-state index < -0.39 is 24.0 Å². The van der Waals surface area contributed by atoms with Gasteiger partial charge < -0.3 is 29.8 Å². The molecule has 0 spiro atoms. The van der Waals surface area contributed by atoms with Gasteiger partial charge in [-0.1, -0.05) is 78.9 Å². The van der Waals surface area contributed by atoms with Crippen molar-refractivity contribution in [3.8, 4) is 11.5 Å². The van der Waals surface area contributed by atoms with Crippen LogP contribution in [0.1, 0.15) is 45.3 Å². The number of hydrogen-bond donors (Lipinski definition) is 2. The Balaban J connectivity index is 1.28. The Kier molecular flexibility index (Phi) is 8.79. The topological polar surface area (TPSA) is 144 Å². The van der Waals surface area contributed by atoms with Crippen LogP contribution in [0.4, 0.5) is 5.82 Å². The molecule has 1 fully saturated rings. The van der Waals surface area contributed by atoms with Gasteiger partial charge >= 0.3 is 0 Å². The van der Waals surface area contributed by atoms with Crippen LogP contribution in [0.25, 0.3) is 11.2 Å². The van der Waals surface area contributed by atoms with Crippen molar-refractivity contribution < 1.29 is 28.8 Å². The van der Waals surface area contributed by atoms with E-state index in [2.05, 4.69) is 15.0 Å². The maximum atomic E-state index is 13.3. The molecule has 1 aliphatic heterocycles. The summed E-state index contributed by atoms with van der Waals surface area (Å²) >= 11 is 0. The summed E-state index contributed by atoms with van der Waals surface area (Å²) in [7, 11) is 3.23. The minimum absolute atomic E-state index is 0.0180. The third-order valence-corrected chi connectivity index (χ3v) is 8.95. The number of aliphatic hydroxyl groups excluding tert-OH is 1. The molecule has 3 heterocycles. The number of fused-ring (bicyclic) bond motifs is 1. The number of hydrogen-bond acceptors (Lipinski definition) is 10. The molecule has 1 saturated heterocycles. The van der Waals surface area contributed by atoms with Gasteiger partial charge in [0.25, 0.3) is 0 Å². The molecule has 0 radical (unpaired) electrons. The van der Waals surface area contributed by atoms with Crippen LogP contribution in [0.2, 0.25) is 0 Å². The molecule has 0 saturated carbocycles. The fraction of sp³-hybridized carbons (Fsp3) is 0.211. The van der Waals surface area contributed by atoms with Gasteiger partial charge in [0, 0.05) is 17.5 Å². The number of anilines is 1. The SMILES string of the molecule is COc1ccc(C(OC[C@H]2O[C@@H](n3cnc4c(N)ncnc43)C[C@@H]2O)(c2ccc(OC)cc2)c2ccc(C(=O)c3ccccc3)cc2)cc1. The van der Waals surface area contributed by atoms with Crippen molar-refractivity contribution in [2.45, 2.75) is 30.5 Å². The van der Waals surface area contributed by atoms with Gasteiger partial charge in [-0.25, -0.2) is 15.0 Å². The third-order valence-electron chi connectivity index (χ3n) is 8.95. The molecule has 0 bridgehead atoms. The molecule has 11 heteroatoms. The van der Waals surface area contributed by atoms with E-state index in [1.54, 1.807) is 37.2 Å². The molecule has 248 valence electrons. The summed E-state index contributed by atoms with van der Waals surface area (Å²) in [6, 6.07) is 31.9. The largest absolute Gasteiger partial charge is 0.497 e. The van der Waals surface area contributed by atoms with E-state index in [4.69, 9.17) is 24.7 Å². The highest BCUT2D eigenvalue weighted by Crippen LogP contribution is 2.43. The second kappa shape index (κ2) is 13.5. The van der Waals surface area contributed by atoms with E-state index in [1.807, 2.05) is 91.0 Å². The molecular formula is C38H35N5O6. The third kappa shape index (κ3) is 5.99. The average Bonchev–Trinajstić information content (AvgIpc) is 3.76. The summed E-state index contributed by atoms with van der Waals surface area (Å²) in [5.74, 6) is 1.55. The van der Waals surface area contributed by atoms with Gasteiger partial charge in [-0.15, -0.1) is 0 Å². The monoisotopic (exact) mass is 657 g/mol. The Morgan fingerprint density at radius 3 is 2.00 bits per heavy atom. The Hall–Kier alpha value is -5.62. The maximum absolute atomic E-state index is 13.3. The minimum Gasteiger partial charge on any atom is -0.497 e. The number of methoxy groups -OCH3 is 2. The van der Waals surface area contributed by atoms with E-state index in [1.165, 1.54) is 6.33 Å². The minimum atomic E-state index is -1.20. The van der Waals surface area contributed by atoms with Gasteiger partial charge in [0.2, 0.25) is 0 Å². The summed E-state index contributed by atoms with van der Waals surface area (Å²) in [4.78, 5) is 26.0.